The van der Waals surface area contributed by atoms with Crippen LogP contribution in [0.25, 0.3) is 0 Å². The van der Waals surface area contributed by atoms with Crippen LogP contribution in [0, 0.1) is 6.92 Å². The second-order valence-corrected chi connectivity index (χ2v) is 4.69. The Morgan fingerprint density at radius 2 is 2.13 bits per heavy atom. The second-order valence-electron chi connectivity index (χ2n) is 4.69. The molecular formula is C14H18O. The van der Waals surface area contributed by atoms with Gasteiger partial charge >= 0.3 is 0 Å². The lowest BCUT2D eigenvalue weighted by Gasteiger charge is -2.11. The third-order valence-electron chi connectivity index (χ3n) is 3.14. The highest BCUT2D eigenvalue weighted by Gasteiger charge is 2.24. The number of phenolic OH excluding ortho intramolecular Hbond substituents is 1. The molecule has 0 aliphatic heterocycles. The van der Waals surface area contributed by atoms with Gasteiger partial charge < -0.3 is 5.11 Å². The molecule has 0 fully saturated rings. The summed E-state index contributed by atoms with van der Waals surface area (Å²) in [5.41, 5.74) is 4.80. The van der Waals surface area contributed by atoms with Crippen LogP contribution in [0.15, 0.2) is 23.8 Å². The highest BCUT2D eigenvalue weighted by molar-refractivity contribution is 5.51. The SMILES string of the molecule is CC(C)=CC1CCc2ccc(C)c(O)c21. The maximum Gasteiger partial charge on any atom is 0.122 e. The lowest BCUT2D eigenvalue weighted by molar-refractivity contribution is 0.462. The van der Waals surface area contributed by atoms with Crippen LogP contribution in [0.4, 0.5) is 0 Å². The summed E-state index contributed by atoms with van der Waals surface area (Å²) in [5.74, 6) is 0.928. The number of hydrogen-bond donors (Lipinski definition) is 1. The molecule has 1 atom stereocenters. The smallest absolute Gasteiger partial charge is 0.122 e. The Balaban J connectivity index is 2.49. The van der Waals surface area contributed by atoms with Crippen molar-refractivity contribution in [2.24, 2.45) is 0 Å². The van der Waals surface area contributed by atoms with Crippen molar-refractivity contribution in [2.45, 2.75) is 39.5 Å². The Hall–Kier alpha value is -1.24. The summed E-state index contributed by atoms with van der Waals surface area (Å²) in [6, 6.07) is 4.17. The van der Waals surface area contributed by atoms with Gasteiger partial charge in [-0.15, -0.1) is 0 Å². The van der Waals surface area contributed by atoms with Crippen molar-refractivity contribution in [3.05, 3.63) is 40.5 Å². The van der Waals surface area contributed by atoms with Gasteiger partial charge in [-0.05, 0) is 44.7 Å². The van der Waals surface area contributed by atoms with Crippen molar-refractivity contribution in [3.8, 4) is 5.75 Å². The van der Waals surface area contributed by atoms with Crippen molar-refractivity contribution in [2.75, 3.05) is 0 Å². The van der Waals surface area contributed by atoms with E-state index in [4.69, 9.17) is 0 Å². The fourth-order valence-electron chi connectivity index (χ4n) is 2.41. The van der Waals surface area contributed by atoms with Crippen molar-refractivity contribution in [1.29, 1.82) is 0 Å². The van der Waals surface area contributed by atoms with E-state index in [9.17, 15) is 5.11 Å². The molecule has 0 amide bonds. The summed E-state index contributed by atoms with van der Waals surface area (Å²) in [5, 5.41) is 10.1. The van der Waals surface area contributed by atoms with Crippen LogP contribution in [-0.4, -0.2) is 5.11 Å². The Morgan fingerprint density at radius 3 is 2.80 bits per heavy atom. The monoisotopic (exact) mass is 202 g/mol. The maximum absolute atomic E-state index is 10.1. The zero-order chi connectivity index (χ0) is 11.0. The molecule has 0 aromatic heterocycles. The molecule has 0 saturated carbocycles. The van der Waals surface area contributed by atoms with E-state index in [1.807, 2.05) is 13.0 Å². The van der Waals surface area contributed by atoms with E-state index in [0.717, 1.165) is 24.0 Å². The van der Waals surface area contributed by atoms with E-state index >= 15 is 0 Å². The van der Waals surface area contributed by atoms with Gasteiger partial charge in [-0.2, -0.15) is 0 Å². The third kappa shape index (κ3) is 1.79. The number of phenols is 1. The van der Waals surface area contributed by atoms with Gasteiger partial charge in [0, 0.05) is 11.5 Å². The Morgan fingerprint density at radius 1 is 1.40 bits per heavy atom. The summed E-state index contributed by atoms with van der Waals surface area (Å²) >= 11 is 0. The normalized spacial score (nSPS) is 18.7. The van der Waals surface area contributed by atoms with Gasteiger partial charge in [0.15, 0.2) is 0 Å². The first kappa shape index (κ1) is 10.3. The maximum atomic E-state index is 10.1. The van der Waals surface area contributed by atoms with E-state index in [1.54, 1.807) is 0 Å². The molecule has 1 aromatic carbocycles. The Kier molecular flexibility index (Phi) is 2.56. The van der Waals surface area contributed by atoms with Crippen molar-refractivity contribution in [3.63, 3.8) is 0 Å². The molecule has 15 heavy (non-hydrogen) atoms. The van der Waals surface area contributed by atoms with E-state index in [-0.39, 0.29) is 0 Å². The van der Waals surface area contributed by atoms with Crippen molar-refractivity contribution < 1.29 is 5.11 Å². The van der Waals surface area contributed by atoms with E-state index < -0.39 is 0 Å². The summed E-state index contributed by atoms with van der Waals surface area (Å²) in [4.78, 5) is 0. The van der Waals surface area contributed by atoms with Gasteiger partial charge in [-0.1, -0.05) is 23.8 Å². The van der Waals surface area contributed by atoms with Crippen molar-refractivity contribution >= 4 is 0 Å². The summed E-state index contributed by atoms with van der Waals surface area (Å²) in [7, 11) is 0. The van der Waals surface area contributed by atoms with Crippen LogP contribution in [0.1, 0.15) is 42.9 Å². The largest absolute Gasteiger partial charge is 0.507 e. The molecule has 2 rings (SSSR count). The molecule has 0 bridgehead atoms. The van der Waals surface area contributed by atoms with E-state index in [2.05, 4.69) is 26.0 Å². The van der Waals surface area contributed by atoms with Crippen LogP contribution in [-0.2, 0) is 6.42 Å². The van der Waals surface area contributed by atoms with Gasteiger partial charge in [0.2, 0.25) is 0 Å². The first-order valence-corrected chi connectivity index (χ1v) is 5.56. The van der Waals surface area contributed by atoms with Crippen LogP contribution in [0.3, 0.4) is 0 Å². The molecule has 1 aliphatic rings. The molecule has 0 spiro atoms. The quantitative estimate of drug-likeness (QED) is 0.688. The third-order valence-corrected chi connectivity index (χ3v) is 3.14. The Labute approximate surface area is 91.4 Å². The van der Waals surface area contributed by atoms with Gasteiger partial charge in [0.05, 0.1) is 0 Å². The standard InChI is InChI=1S/C14H18O/c1-9(2)8-12-7-6-11-5-4-10(3)14(15)13(11)12/h4-5,8,12,15H,6-7H2,1-3H3. The molecule has 1 N–H and O–H groups in total. The summed E-state index contributed by atoms with van der Waals surface area (Å²) < 4.78 is 0. The number of fused-ring (bicyclic) bond motifs is 1. The average molecular weight is 202 g/mol. The molecule has 0 heterocycles. The number of aryl methyl sites for hydroxylation is 2. The molecule has 1 nitrogen and oxygen atoms in total. The van der Waals surface area contributed by atoms with E-state index in [1.165, 1.54) is 11.1 Å². The predicted octanol–water partition coefficient (Wildman–Crippen LogP) is 3.70. The topological polar surface area (TPSA) is 20.2 Å². The molecule has 1 heteroatoms. The number of allylic oxidation sites excluding steroid dienone is 2. The highest BCUT2D eigenvalue weighted by Crippen LogP contribution is 2.41. The minimum absolute atomic E-state index is 0.421. The first-order valence-electron chi connectivity index (χ1n) is 5.56. The van der Waals surface area contributed by atoms with Gasteiger partial charge in [-0.25, -0.2) is 0 Å². The van der Waals surface area contributed by atoms with Gasteiger partial charge in [-0.3, -0.25) is 0 Å². The van der Waals surface area contributed by atoms with Crippen LogP contribution < -0.4 is 0 Å². The predicted molar refractivity (Wildman–Crippen MR) is 63.3 cm³/mol. The summed E-state index contributed by atoms with van der Waals surface area (Å²) in [6.07, 6.45) is 4.50. The average Bonchev–Trinajstić information content (AvgIpc) is 2.55. The number of hydrogen-bond acceptors (Lipinski definition) is 1. The number of benzene rings is 1. The second kappa shape index (κ2) is 3.73. The lowest BCUT2D eigenvalue weighted by atomic mass is 9.96. The van der Waals surface area contributed by atoms with Crippen molar-refractivity contribution in [1.82, 2.24) is 0 Å². The van der Waals surface area contributed by atoms with Crippen LogP contribution >= 0.6 is 0 Å². The van der Waals surface area contributed by atoms with Crippen LogP contribution in [0.2, 0.25) is 0 Å². The fraction of sp³-hybridized carbons (Fsp3) is 0.429. The van der Waals surface area contributed by atoms with E-state index in [0.29, 0.717) is 11.7 Å². The van der Waals surface area contributed by atoms with Crippen LogP contribution in [0.5, 0.6) is 5.75 Å². The molecule has 1 unspecified atom stereocenters. The lowest BCUT2D eigenvalue weighted by Crippen LogP contribution is -1.92. The minimum atomic E-state index is 0.421. The molecule has 80 valence electrons. The number of aromatic hydroxyl groups is 1. The highest BCUT2D eigenvalue weighted by atomic mass is 16.3. The molecule has 1 aromatic rings. The molecule has 0 saturated heterocycles. The molecule has 0 radical (unpaired) electrons. The fourth-order valence-corrected chi connectivity index (χ4v) is 2.41. The first-order chi connectivity index (χ1) is 7.09. The number of rotatable bonds is 1. The zero-order valence-electron chi connectivity index (χ0n) is 9.67. The minimum Gasteiger partial charge on any atom is -0.507 e. The van der Waals surface area contributed by atoms with Gasteiger partial charge in [0.1, 0.15) is 5.75 Å². The molecular weight excluding hydrogens is 184 g/mol. The van der Waals surface area contributed by atoms with Gasteiger partial charge in [0.25, 0.3) is 0 Å². The zero-order valence-corrected chi connectivity index (χ0v) is 9.67. The Bertz CT molecular complexity index is 412. The summed E-state index contributed by atoms with van der Waals surface area (Å²) in [6.45, 7) is 6.20. The molecule has 1 aliphatic carbocycles.